The maximum absolute atomic E-state index is 10.6. The Kier molecular flexibility index (Phi) is 5.05. The van der Waals surface area contributed by atoms with Gasteiger partial charge < -0.3 is 5.41 Å². The van der Waals surface area contributed by atoms with Gasteiger partial charge in [-0.1, -0.05) is 0 Å². The molecule has 0 aromatic rings. The van der Waals surface area contributed by atoms with E-state index in [0.717, 1.165) is 11.8 Å². The Bertz CT molecular complexity index is 206. The Morgan fingerprint density at radius 2 is 2.18 bits per heavy atom. The Morgan fingerprint density at radius 3 is 2.64 bits per heavy atom. The van der Waals surface area contributed by atoms with Gasteiger partial charge in [0.05, 0.1) is 6.21 Å². The van der Waals surface area contributed by atoms with Crippen LogP contribution in [0.25, 0.3) is 0 Å². The first-order chi connectivity index (χ1) is 5.16. The molecule has 0 radical (unpaired) electrons. The van der Waals surface area contributed by atoms with Crippen LogP contribution in [0.3, 0.4) is 0 Å². The lowest BCUT2D eigenvalue weighted by Crippen LogP contribution is -1.95. The molecule has 0 aliphatic carbocycles. The van der Waals surface area contributed by atoms with Crippen LogP contribution in [-0.4, -0.2) is 12.0 Å². The summed E-state index contributed by atoms with van der Waals surface area (Å²) in [6.45, 7) is 3.91. The lowest BCUT2D eigenvalue weighted by molar-refractivity contribution is -0.112. The van der Waals surface area contributed by atoms with Crippen LogP contribution in [0.5, 0.6) is 0 Å². The minimum absolute atomic E-state index is 0.128. The maximum Gasteiger partial charge on any atom is 0.173 e. The van der Waals surface area contributed by atoms with Gasteiger partial charge in [-0.3, -0.25) is 4.79 Å². The Balaban J connectivity index is 3.66. The molecule has 0 saturated carbocycles. The predicted molar refractivity (Wildman–Crippen MR) is 46.0 cm³/mol. The molecule has 0 aromatic heterocycles. The molecule has 0 bridgehead atoms. The molecule has 60 valence electrons. The summed E-state index contributed by atoms with van der Waals surface area (Å²) < 4.78 is 0. The van der Waals surface area contributed by atoms with Crippen molar-refractivity contribution in [3.8, 4) is 0 Å². The highest BCUT2D eigenvalue weighted by atomic mass is 16.1. The SMILES string of the molecule is CC(C)=C=CCCC(=O)C=N. The second-order valence-electron chi connectivity index (χ2n) is 2.50. The molecule has 0 saturated heterocycles. The summed E-state index contributed by atoms with van der Waals surface area (Å²) >= 11 is 0. The first-order valence-electron chi connectivity index (χ1n) is 3.58. The molecular formula is C9H13NO. The van der Waals surface area contributed by atoms with E-state index in [1.807, 2.05) is 19.9 Å². The number of carbonyl (C=O) groups excluding carboxylic acids is 1. The van der Waals surface area contributed by atoms with E-state index >= 15 is 0 Å². The van der Waals surface area contributed by atoms with Gasteiger partial charge in [0.2, 0.25) is 0 Å². The van der Waals surface area contributed by atoms with Crippen molar-refractivity contribution < 1.29 is 4.79 Å². The van der Waals surface area contributed by atoms with Crippen molar-refractivity contribution in [2.24, 2.45) is 0 Å². The lowest BCUT2D eigenvalue weighted by Gasteiger charge is -1.85. The van der Waals surface area contributed by atoms with Crippen LogP contribution in [-0.2, 0) is 4.79 Å². The molecule has 2 heteroatoms. The van der Waals surface area contributed by atoms with E-state index in [1.165, 1.54) is 0 Å². The molecule has 0 spiro atoms. The molecule has 0 atom stereocenters. The maximum atomic E-state index is 10.6. The third-order valence-electron chi connectivity index (χ3n) is 1.09. The van der Waals surface area contributed by atoms with E-state index in [-0.39, 0.29) is 5.78 Å². The van der Waals surface area contributed by atoms with Gasteiger partial charge >= 0.3 is 0 Å². The third kappa shape index (κ3) is 6.75. The van der Waals surface area contributed by atoms with E-state index in [9.17, 15) is 4.79 Å². The molecule has 1 N–H and O–H groups in total. The van der Waals surface area contributed by atoms with Crippen LogP contribution < -0.4 is 0 Å². The van der Waals surface area contributed by atoms with E-state index in [4.69, 9.17) is 5.41 Å². The first-order valence-corrected chi connectivity index (χ1v) is 3.58. The smallest absolute Gasteiger partial charge is 0.173 e. The van der Waals surface area contributed by atoms with Crippen molar-refractivity contribution in [3.05, 3.63) is 17.4 Å². The standard InChI is InChI=1S/C9H13NO/c1-8(2)5-3-4-6-9(11)7-10/h3,7,10H,4,6H2,1-2H3. The molecule has 0 amide bonds. The summed E-state index contributed by atoms with van der Waals surface area (Å²) in [7, 11) is 0. The third-order valence-corrected chi connectivity index (χ3v) is 1.09. The fourth-order valence-electron chi connectivity index (χ4n) is 0.563. The highest BCUT2D eigenvalue weighted by molar-refractivity contribution is 6.26. The van der Waals surface area contributed by atoms with Gasteiger partial charge in [0.25, 0.3) is 0 Å². The number of hydrogen-bond donors (Lipinski definition) is 1. The highest BCUT2D eigenvalue weighted by Gasteiger charge is 1.91. The molecular weight excluding hydrogens is 138 g/mol. The van der Waals surface area contributed by atoms with Gasteiger partial charge in [0.15, 0.2) is 5.78 Å². The molecule has 11 heavy (non-hydrogen) atoms. The van der Waals surface area contributed by atoms with E-state index in [1.54, 1.807) is 0 Å². The van der Waals surface area contributed by atoms with Crippen LogP contribution in [0.4, 0.5) is 0 Å². The van der Waals surface area contributed by atoms with Crippen LogP contribution in [0, 0.1) is 5.41 Å². The molecule has 0 unspecified atom stereocenters. The van der Waals surface area contributed by atoms with Gasteiger partial charge in [-0.25, -0.2) is 0 Å². The van der Waals surface area contributed by atoms with Crippen molar-refractivity contribution >= 4 is 12.0 Å². The van der Waals surface area contributed by atoms with E-state index in [2.05, 4.69) is 5.73 Å². The normalized spacial score (nSPS) is 8.18. The van der Waals surface area contributed by atoms with Crippen molar-refractivity contribution in [2.45, 2.75) is 26.7 Å². The average Bonchev–Trinajstić information content (AvgIpc) is 1.97. The molecule has 0 aromatic carbocycles. The highest BCUT2D eigenvalue weighted by Crippen LogP contribution is 1.91. The summed E-state index contributed by atoms with van der Waals surface area (Å²) in [5.74, 6) is -0.128. The molecule has 0 rings (SSSR count). The van der Waals surface area contributed by atoms with Gasteiger partial charge in [-0.15, -0.1) is 5.73 Å². The zero-order valence-electron chi connectivity index (χ0n) is 6.98. The zero-order valence-corrected chi connectivity index (χ0v) is 6.98. The first kappa shape index (κ1) is 9.86. The van der Waals surface area contributed by atoms with Gasteiger partial charge in [0.1, 0.15) is 0 Å². The topological polar surface area (TPSA) is 40.9 Å². The number of allylic oxidation sites excluding steroid dienone is 1. The lowest BCUT2D eigenvalue weighted by atomic mass is 10.2. The Morgan fingerprint density at radius 1 is 1.55 bits per heavy atom. The fraction of sp³-hybridized carbons (Fsp3) is 0.444. The predicted octanol–water partition coefficient (Wildman–Crippen LogP) is 2.11. The molecule has 0 fully saturated rings. The van der Waals surface area contributed by atoms with Gasteiger partial charge in [-0.05, 0) is 31.9 Å². The summed E-state index contributed by atoms with van der Waals surface area (Å²) in [5, 5.41) is 6.61. The Hall–Kier alpha value is -1.14. The average molecular weight is 151 g/mol. The summed E-state index contributed by atoms with van der Waals surface area (Å²) in [6, 6.07) is 0. The van der Waals surface area contributed by atoms with Crippen molar-refractivity contribution in [3.63, 3.8) is 0 Å². The monoisotopic (exact) mass is 151 g/mol. The molecule has 0 heterocycles. The summed E-state index contributed by atoms with van der Waals surface area (Å²) in [6.07, 6.45) is 3.79. The van der Waals surface area contributed by atoms with Crippen LogP contribution in [0.1, 0.15) is 26.7 Å². The minimum Gasteiger partial charge on any atom is -0.305 e. The van der Waals surface area contributed by atoms with Crippen molar-refractivity contribution in [2.75, 3.05) is 0 Å². The number of hydrogen-bond acceptors (Lipinski definition) is 2. The number of nitrogens with one attached hydrogen (secondary N) is 1. The summed E-state index contributed by atoms with van der Waals surface area (Å²) in [4.78, 5) is 10.6. The van der Waals surface area contributed by atoms with Gasteiger partial charge in [-0.2, -0.15) is 0 Å². The van der Waals surface area contributed by atoms with Crippen molar-refractivity contribution in [1.29, 1.82) is 5.41 Å². The van der Waals surface area contributed by atoms with Crippen LogP contribution in [0.2, 0.25) is 0 Å². The van der Waals surface area contributed by atoms with Crippen molar-refractivity contribution in [1.82, 2.24) is 0 Å². The van der Waals surface area contributed by atoms with Gasteiger partial charge in [0, 0.05) is 6.42 Å². The quantitative estimate of drug-likeness (QED) is 0.485. The molecule has 0 aliphatic rings. The number of carbonyl (C=O) groups is 1. The van der Waals surface area contributed by atoms with E-state index in [0.29, 0.717) is 12.8 Å². The molecule has 2 nitrogen and oxygen atoms in total. The van der Waals surface area contributed by atoms with Crippen LogP contribution in [0.15, 0.2) is 17.4 Å². The fourth-order valence-corrected chi connectivity index (χ4v) is 0.563. The second-order valence-corrected chi connectivity index (χ2v) is 2.50. The van der Waals surface area contributed by atoms with E-state index < -0.39 is 0 Å². The molecule has 0 aliphatic heterocycles. The number of rotatable bonds is 4. The zero-order chi connectivity index (χ0) is 8.69. The largest absolute Gasteiger partial charge is 0.305 e. The minimum atomic E-state index is -0.128. The number of Topliss-reactive ketones (excluding diaryl/α,β-unsaturated/α-hetero) is 1. The second kappa shape index (κ2) is 5.63. The Labute approximate surface area is 67.1 Å². The van der Waals surface area contributed by atoms with Crippen LogP contribution >= 0.6 is 0 Å². The summed E-state index contributed by atoms with van der Waals surface area (Å²) in [5.41, 5.74) is 4.09. The number of ketones is 1.